The van der Waals surface area contributed by atoms with Gasteiger partial charge in [-0.05, 0) is 17.5 Å². The fourth-order valence-electron chi connectivity index (χ4n) is 2.15. The molecule has 5 nitrogen and oxygen atoms in total. The van der Waals surface area contributed by atoms with Gasteiger partial charge in [0.25, 0.3) is 0 Å². The number of amides is 1. The van der Waals surface area contributed by atoms with Crippen molar-refractivity contribution in [1.82, 2.24) is 10.6 Å². The zero-order valence-electron chi connectivity index (χ0n) is 10.9. The van der Waals surface area contributed by atoms with Crippen LogP contribution in [0, 0.1) is 0 Å². The zero-order chi connectivity index (χ0) is 13.7. The van der Waals surface area contributed by atoms with Gasteiger partial charge in [0.15, 0.2) is 0 Å². The first-order chi connectivity index (χ1) is 9.20. The largest absolute Gasteiger partial charge is 0.469 e. The maximum atomic E-state index is 12.0. The minimum atomic E-state index is -0.317. The molecule has 0 fully saturated rings. The summed E-state index contributed by atoms with van der Waals surface area (Å²) in [6.45, 7) is 1.01. The lowest BCUT2D eigenvalue weighted by Crippen LogP contribution is -2.48. The van der Waals surface area contributed by atoms with E-state index in [4.69, 9.17) is 0 Å². The highest BCUT2D eigenvalue weighted by atomic mass is 16.5. The number of ether oxygens (including phenoxy) is 1. The molecule has 1 heterocycles. The van der Waals surface area contributed by atoms with E-state index in [2.05, 4.69) is 21.4 Å². The van der Waals surface area contributed by atoms with Crippen LogP contribution in [0.4, 0.5) is 0 Å². The molecule has 2 N–H and O–H groups in total. The van der Waals surface area contributed by atoms with Gasteiger partial charge < -0.3 is 15.4 Å². The third-order valence-corrected chi connectivity index (χ3v) is 3.25. The summed E-state index contributed by atoms with van der Waals surface area (Å²) in [5.74, 6) is -0.388. The lowest BCUT2D eigenvalue weighted by atomic mass is 9.95. The number of hydrogen-bond donors (Lipinski definition) is 2. The molecule has 102 valence electrons. The second-order valence-electron chi connectivity index (χ2n) is 4.52. The van der Waals surface area contributed by atoms with Crippen molar-refractivity contribution in [1.29, 1.82) is 0 Å². The van der Waals surface area contributed by atoms with Crippen molar-refractivity contribution in [2.75, 3.05) is 13.7 Å². The molecule has 0 bridgehead atoms. The topological polar surface area (TPSA) is 67.4 Å². The summed E-state index contributed by atoms with van der Waals surface area (Å²) >= 11 is 0. The summed E-state index contributed by atoms with van der Waals surface area (Å²) in [4.78, 5) is 22.9. The molecule has 0 aliphatic carbocycles. The monoisotopic (exact) mass is 262 g/mol. The smallest absolute Gasteiger partial charge is 0.307 e. The van der Waals surface area contributed by atoms with Gasteiger partial charge in [-0.1, -0.05) is 24.3 Å². The number of hydrogen-bond acceptors (Lipinski definition) is 4. The quantitative estimate of drug-likeness (QED) is 0.770. The second-order valence-corrected chi connectivity index (χ2v) is 4.52. The molecular weight excluding hydrogens is 244 g/mol. The van der Waals surface area contributed by atoms with Crippen molar-refractivity contribution in [2.24, 2.45) is 0 Å². The average Bonchev–Trinajstić information content (AvgIpc) is 2.46. The van der Waals surface area contributed by atoms with Crippen molar-refractivity contribution < 1.29 is 14.3 Å². The Balaban J connectivity index is 1.83. The van der Waals surface area contributed by atoms with Crippen LogP contribution in [0.3, 0.4) is 0 Å². The predicted octanol–water partition coefficient (Wildman–Crippen LogP) is 0.380. The fraction of sp³-hybridized carbons (Fsp3) is 0.429. The third-order valence-electron chi connectivity index (χ3n) is 3.25. The Hall–Kier alpha value is -1.88. The Bertz CT molecular complexity index is 474. The number of methoxy groups -OCH3 is 1. The van der Waals surface area contributed by atoms with Crippen molar-refractivity contribution in [3.63, 3.8) is 0 Å². The molecule has 0 saturated heterocycles. The van der Waals surface area contributed by atoms with Gasteiger partial charge in [-0.2, -0.15) is 0 Å². The predicted molar refractivity (Wildman–Crippen MR) is 70.4 cm³/mol. The van der Waals surface area contributed by atoms with Gasteiger partial charge in [-0.25, -0.2) is 0 Å². The van der Waals surface area contributed by atoms with Crippen LogP contribution in [-0.4, -0.2) is 31.6 Å². The molecule has 2 rings (SSSR count). The van der Waals surface area contributed by atoms with Gasteiger partial charge in [0.2, 0.25) is 5.91 Å². The second kappa shape index (κ2) is 6.33. The van der Waals surface area contributed by atoms with E-state index in [0.717, 1.165) is 0 Å². The molecule has 1 atom stereocenters. The highest BCUT2D eigenvalue weighted by Crippen LogP contribution is 2.16. The molecular formula is C14H18N2O3. The van der Waals surface area contributed by atoms with Gasteiger partial charge >= 0.3 is 5.97 Å². The number of carbonyl (C=O) groups is 2. The summed E-state index contributed by atoms with van der Waals surface area (Å²) in [5.41, 5.74) is 2.44. The number of esters is 1. The van der Waals surface area contributed by atoms with Gasteiger partial charge in [0.05, 0.1) is 19.6 Å². The van der Waals surface area contributed by atoms with E-state index >= 15 is 0 Å². The maximum Gasteiger partial charge on any atom is 0.307 e. The van der Waals surface area contributed by atoms with Gasteiger partial charge in [0.1, 0.15) is 0 Å². The Labute approximate surface area is 112 Å². The van der Waals surface area contributed by atoms with E-state index in [-0.39, 0.29) is 24.3 Å². The SMILES string of the molecule is COC(=O)CCNC(=O)C1Cc2ccccc2CN1. The molecule has 5 heteroatoms. The fourth-order valence-corrected chi connectivity index (χ4v) is 2.15. The van der Waals surface area contributed by atoms with Crippen LogP contribution in [0.15, 0.2) is 24.3 Å². The minimum Gasteiger partial charge on any atom is -0.469 e. The van der Waals surface area contributed by atoms with Crippen LogP contribution >= 0.6 is 0 Å². The standard InChI is InChI=1S/C14H18N2O3/c1-19-13(17)6-7-15-14(18)12-8-10-4-2-3-5-11(10)9-16-12/h2-5,12,16H,6-9H2,1H3,(H,15,18). The van der Waals surface area contributed by atoms with Crippen LogP contribution in [0.5, 0.6) is 0 Å². The first kappa shape index (κ1) is 13.5. The number of fused-ring (bicyclic) bond motifs is 1. The molecule has 1 aliphatic rings. The molecule has 0 spiro atoms. The molecule has 1 aromatic rings. The average molecular weight is 262 g/mol. The van der Waals surface area contributed by atoms with Crippen LogP contribution in [0.2, 0.25) is 0 Å². The lowest BCUT2D eigenvalue weighted by Gasteiger charge is -2.25. The zero-order valence-corrected chi connectivity index (χ0v) is 10.9. The highest BCUT2D eigenvalue weighted by Gasteiger charge is 2.23. The van der Waals surface area contributed by atoms with Crippen molar-refractivity contribution >= 4 is 11.9 Å². The molecule has 0 radical (unpaired) electrons. The third kappa shape index (κ3) is 3.54. The van der Waals surface area contributed by atoms with Crippen molar-refractivity contribution in [2.45, 2.75) is 25.4 Å². The number of rotatable bonds is 4. The molecule has 19 heavy (non-hydrogen) atoms. The Morgan fingerprint density at radius 1 is 1.37 bits per heavy atom. The van der Waals surface area contributed by atoms with E-state index in [0.29, 0.717) is 19.5 Å². The summed E-state index contributed by atoms with van der Waals surface area (Å²) in [6.07, 6.45) is 0.881. The molecule has 1 aliphatic heterocycles. The summed E-state index contributed by atoms with van der Waals surface area (Å²) in [6, 6.07) is 7.86. The first-order valence-corrected chi connectivity index (χ1v) is 6.35. The van der Waals surface area contributed by atoms with Crippen LogP contribution in [0.1, 0.15) is 17.5 Å². The highest BCUT2D eigenvalue weighted by molar-refractivity contribution is 5.83. The van der Waals surface area contributed by atoms with Gasteiger partial charge in [-0.3, -0.25) is 9.59 Å². The summed E-state index contributed by atoms with van der Waals surface area (Å²) < 4.78 is 4.52. The number of benzene rings is 1. The Morgan fingerprint density at radius 2 is 2.11 bits per heavy atom. The molecule has 1 aromatic carbocycles. The van der Waals surface area contributed by atoms with E-state index < -0.39 is 0 Å². The molecule has 0 aromatic heterocycles. The molecule has 1 unspecified atom stereocenters. The van der Waals surface area contributed by atoms with E-state index in [1.54, 1.807) is 0 Å². The Kier molecular flexibility index (Phi) is 4.52. The minimum absolute atomic E-state index is 0.0709. The molecule has 0 saturated carbocycles. The van der Waals surface area contributed by atoms with Crippen LogP contribution < -0.4 is 10.6 Å². The van der Waals surface area contributed by atoms with E-state index in [1.165, 1.54) is 18.2 Å². The first-order valence-electron chi connectivity index (χ1n) is 6.35. The lowest BCUT2D eigenvalue weighted by molar-refractivity contribution is -0.140. The summed E-state index contributed by atoms with van der Waals surface area (Å²) in [5, 5.41) is 5.95. The molecule has 1 amide bonds. The summed E-state index contributed by atoms with van der Waals surface area (Å²) in [7, 11) is 1.34. The number of nitrogens with one attached hydrogen (secondary N) is 2. The normalized spacial score (nSPS) is 17.4. The van der Waals surface area contributed by atoms with Gasteiger partial charge in [0, 0.05) is 13.1 Å². The van der Waals surface area contributed by atoms with E-state index in [9.17, 15) is 9.59 Å². The van der Waals surface area contributed by atoms with E-state index in [1.807, 2.05) is 18.2 Å². The maximum absolute atomic E-state index is 12.0. The van der Waals surface area contributed by atoms with Crippen LogP contribution in [-0.2, 0) is 27.3 Å². The van der Waals surface area contributed by atoms with Crippen molar-refractivity contribution in [3.8, 4) is 0 Å². The Morgan fingerprint density at radius 3 is 2.84 bits per heavy atom. The number of carbonyl (C=O) groups excluding carboxylic acids is 2. The van der Waals surface area contributed by atoms with Crippen LogP contribution in [0.25, 0.3) is 0 Å². The van der Waals surface area contributed by atoms with Crippen molar-refractivity contribution in [3.05, 3.63) is 35.4 Å². The van der Waals surface area contributed by atoms with Gasteiger partial charge in [-0.15, -0.1) is 0 Å².